The minimum Gasteiger partial charge on any atom is -0.494 e. The minimum absolute atomic E-state index is 0.0460. The van der Waals surface area contributed by atoms with Crippen molar-refractivity contribution < 1.29 is 42.9 Å². The first kappa shape index (κ1) is 47.1. The highest BCUT2D eigenvalue weighted by Crippen LogP contribution is 2.27. The molecule has 1 aliphatic rings. The van der Waals surface area contributed by atoms with E-state index in [4.69, 9.17) is 18.9 Å². The van der Waals surface area contributed by atoms with Crippen LogP contribution >= 0.6 is 0 Å². The van der Waals surface area contributed by atoms with E-state index in [-0.39, 0.29) is 37.6 Å². The van der Waals surface area contributed by atoms with Crippen LogP contribution in [0.5, 0.6) is 5.75 Å². The van der Waals surface area contributed by atoms with Gasteiger partial charge in [0.15, 0.2) is 0 Å². The lowest BCUT2D eigenvalue weighted by molar-refractivity contribution is -0.156. The van der Waals surface area contributed by atoms with Gasteiger partial charge >= 0.3 is 18.2 Å². The molecular formula is C47H64N4O9. The van der Waals surface area contributed by atoms with Gasteiger partial charge in [-0.2, -0.15) is 0 Å². The van der Waals surface area contributed by atoms with E-state index in [0.717, 1.165) is 41.5 Å². The van der Waals surface area contributed by atoms with E-state index >= 15 is 0 Å². The van der Waals surface area contributed by atoms with Gasteiger partial charge in [0.05, 0.1) is 13.0 Å². The van der Waals surface area contributed by atoms with Crippen LogP contribution in [-0.2, 0) is 48.2 Å². The number of benzene rings is 3. The summed E-state index contributed by atoms with van der Waals surface area (Å²) in [5.74, 6) is -0.945. The Labute approximate surface area is 355 Å². The molecule has 3 N–H and O–H groups in total. The molecule has 326 valence electrons. The second kappa shape index (κ2) is 22.1. The number of nitrogens with zero attached hydrogens (tertiary/aromatic N) is 1. The van der Waals surface area contributed by atoms with Crippen LogP contribution in [0.2, 0.25) is 0 Å². The van der Waals surface area contributed by atoms with Crippen LogP contribution in [0, 0.1) is 12.8 Å². The van der Waals surface area contributed by atoms with Crippen molar-refractivity contribution in [2.24, 2.45) is 5.92 Å². The zero-order chi connectivity index (χ0) is 43.9. The second-order valence-electron chi connectivity index (χ2n) is 17.5. The average Bonchev–Trinajstić information content (AvgIpc) is 3.18. The molecule has 1 aliphatic heterocycles. The van der Waals surface area contributed by atoms with E-state index in [2.05, 4.69) is 22.9 Å². The molecule has 13 heteroatoms. The predicted molar refractivity (Wildman–Crippen MR) is 229 cm³/mol. The molecule has 1 heterocycles. The van der Waals surface area contributed by atoms with Gasteiger partial charge in [0, 0.05) is 19.1 Å². The second-order valence-corrected chi connectivity index (χ2v) is 17.5. The minimum atomic E-state index is -1.39. The fraction of sp³-hybridized carbons (Fsp3) is 0.511. The molecule has 0 aromatic heterocycles. The largest absolute Gasteiger partial charge is 0.494 e. The number of carbonyl (C=O) groups is 5. The Kier molecular flexibility index (Phi) is 17.4. The highest BCUT2D eigenvalue weighted by Gasteiger charge is 2.33. The lowest BCUT2D eigenvalue weighted by Crippen LogP contribution is -2.54. The molecule has 13 nitrogen and oxygen atoms in total. The third-order valence-corrected chi connectivity index (χ3v) is 9.99. The number of hydrogen-bond acceptors (Lipinski definition) is 9. The molecule has 0 bridgehead atoms. The quantitative estimate of drug-likeness (QED) is 0.0922. The number of rotatable bonds is 17. The number of aryl methyl sites for hydroxylation is 2. The Morgan fingerprint density at radius 2 is 1.43 bits per heavy atom. The summed E-state index contributed by atoms with van der Waals surface area (Å²) in [6.07, 6.45) is 1.70. The van der Waals surface area contributed by atoms with Crippen molar-refractivity contribution >= 4 is 30.0 Å². The first-order chi connectivity index (χ1) is 28.3. The van der Waals surface area contributed by atoms with Crippen molar-refractivity contribution in [2.75, 3.05) is 13.2 Å². The highest BCUT2D eigenvalue weighted by molar-refractivity contribution is 5.93. The van der Waals surface area contributed by atoms with E-state index in [0.29, 0.717) is 25.3 Å². The lowest BCUT2D eigenvalue weighted by Gasteiger charge is -2.38. The third kappa shape index (κ3) is 16.6. The van der Waals surface area contributed by atoms with Gasteiger partial charge in [0.2, 0.25) is 11.8 Å². The van der Waals surface area contributed by atoms with Gasteiger partial charge in [-0.25, -0.2) is 9.59 Å². The van der Waals surface area contributed by atoms with Crippen LogP contribution in [-0.4, -0.2) is 77.3 Å². The van der Waals surface area contributed by atoms with Crippen molar-refractivity contribution in [1.82, 2.24) is 20.9 Å². The molecule has 60 heavy (non-hydrogen) atoms. The molecule has 0 saturated carbocycles. The summed E-state index contributed by atoms with van der Waals surface area (Å²) in [6, 6.07) is 22.1. The van der Waals surface area contributed by atoms with Crippen molar-refractivity contribution in [1.29, 1.82) is 0 Å². The van der Waals surface area contributed by atoms with Gasteiger partial charge in [0.25, 0.3) is 0 Å². The first-order valence-corrected chi connectivity index (χ1v) is 20.9. The topological polar surface area (TPSA) is 162 Å². The van der Waals surface area contributed by atoms with Gasteiger partial charge in [0.1, 0.15) is 35.6 Å². The maximum Gasteiger partial charge on any atom is 0.410 e. The summed E-state index contributed by atoms with van der Waals surface area (Å²) in [5.41, 5.74) is 2.10. The van der Waals surface area contributed by atoms with Gasteiger partial charge in [-0.1, -0.05) is 66.7 Å². The van der Waals surface area contributed by atoms with Crippen molar-refractivity contribution in [2.45, 2.75) is 136 Å². The Hall–Kier alpha value is -5.59. The maximum absolute atomic E-state index is 13.9. The summed E-state index contributed by atoms with van der Waals surface area (Å²) in [4.78, 5) is 68.3. The van der Waals surface area contributed by atoms with Crippen LogP contribution in [0.15, 0.2) is 78.9 Å². The number of hydrogen-bond donors (Lipinski definition) is 3. The first-order valence-electron chi connectivity index (χ1n) is 20.9. The van der Waals surface area contributed by atoms with Crippen LogP contribution in [0.4, 0.5) is 9.59 Å². The number of nitrogens with one attached hydrogen (secondary N) is 3. The highest BCUT2D eigenvalue weighted by atomic mass is 16.6. The number of alkyl carbamates (subject to hydrolysis) is 1. The SMILES string of the molecule is Cc1ccc(OCCC2CCC(C)N(C(=O)OC(C)(C)C)C2)cc1CNC(=O)[C@H](CCc1ccccc1)NC(=O)[C@H](CC(=O)OC(C)(C)C)NC(=O)OCc1ccccc1. The van der Waals surface area contributed by atoms with Gasteiger partial charge < -0.3 is 39.8 Å². The Morgan fingerprint density at radius 1 is 0.783 bits per heavy atom. The van der Waals surface area contributed by atoms with Crippen molar-refractivity contribution in [3.8, 4) is 5.75 Å². The smallest absolute Gasteiger partial charge is 0.410 e. The Morgan fingerprint density at radius 3 is 2.08 bits per heavy atom. The molecule has 3 aromatic rings. The van der Waals surface area contributed by atoms with Crippen molar-refractivity contribution in [3.63, 3.8) is 0 Å². The summed E-state index contributed by atoms with van der Waals surface area (Å²) in [6.45, 7) is 15.9. The normalized spacial score (nSPS) is 16.4. The number of likely N-dealkylation sites (tertiary alicyclic amines) is 1. The number of piperidine rings is 1. The third-order valence-electron chi connectivity index (χ3n) is 9.99. The number of carbonyl (C=O) groups excluding carboxylic acids is 5. The molecule has 0 radical (unpaired) electrons. The molecule has 1 fully saturated rings. The molecule has 4 atom stereocenters. The lowest BCUT2D eigenvalue weighted by atomic mass is 9.91. The molecule has 3 aromatic carbocycles. The van der Waals surface area contributed by atoms with E-state index in [1.807, 2.05) is 99.3 Å². The zero-order valence-corrected chi connectivity index (χ0v) is 36.5. The Balaban J connectivity index is 1.41. The van der Waals surface area contributed by atoms with E-state index in [1.54, 1.807) is 32.9 Å². The Bertz CT molecular complexity index is 1870. The summed E-state index contributed by atoms with van der Waals surface area (Å²) in [5, 5.41) is 8.28. The fourth-order valence-corrected chi connectivity index (χ4v) is 6.73. The van der Waals surface area contributed by atoms with E-state index < -0.39 is 53.6 Å². The van der Waals surface area contributed by atoms with Gasteiger partial charge in [-0.15, -0.1) is 0 Å². The van der Waals surface area contributed by atoms with Gasteiger partial charge in [-0.05, 0) is 128 Å². The van der Waals surface area contributed by atoms with Crippen LogP contribution in [0.1, 0.15) is 103 Å². The zero-order valence-electron chi connectivity index (χ0n) is 36.5. The van der Waals surface area contributed by atoms with E-state index in [1.165, 1.54) is 0 Å². The summed E-state index contributed by atoms with van der Waals surface area (Å²) < 4.78 is 22.6. The maximum atomic E-state index is 13.9. The van der Waals surface area contributed by atoms with Crippen LogP contribution in [0.3, 0.4) is 0 Å². The molecule has 4 rings (SSSR count). The number of ether oxygens (including phenoxy) is 4. The van der Waals surface area contributed by atoms with Crippen LogP contribution < -0.4 is 20.7 Å². The molecule has 1 saturated heterocycles. The fourth-order valence-electron chi connectivity index (χ4n) is 6.73. The number of amides is 4. The average molecular weight is 829 g/mol. The number of esters is 1. The molecular weight excluding hydrogens is 765 g/mol. The molecule has 0 spiro atoms. The predicted octanol–water partition coefficient (Wildman–Crippen LogP) is 7.56. The summed E-state index contributed by atoms with van der Waals surface area (Å²) >= 11 is 0. The standard InChI is InChI=1S/C47H64N4O9/c1-32-19-23-38(57-26-25-35-21-20-33(2)51(30-35)45(56)60-47(6,7)8)27-37(32)29-48-42(53)39(24-22-34-15-11-9-12-16-34)49-43(54)40(28-41(52)59-46(3,4)5)50-44(55)58-31-36-17-13-10-14-18-36/h9-19,23,27,33,35,39-40H,20-22,24-26,28-31H2,1-8H3,(H,48,53)(H,49,54)(H,50,55)/t33?,35?,39-,40-/m0/s1. The van der Waals surface area contributed by atoms with E-state index in [9.17, 15) is 24.0 Å². The monoisotopic (exact) mass is 828 g/mol. The molecule has 4 amide bonds. The molecule has 0 aliphatic carbocycles. The van der Waals surface area contributed by atoms with Crippen molar-refractivity contribution in [3.05, 3.63) is 101 Å². The summed E-state index contributed by atoms with van der Waals surface area (Å²) in [7, 11) is 0. The van der Waals surface area contributed by atoms with Crippen LogP contribution in [0.25, 0.3) is 0 Å². The molecule has 2 unspecified atom stereocenters. The van der Waals surface area contributed by atoms with Gasteiger partial charge in [-0.3, -0.25) is 14.4 Å².